The minimum absolute atomic E-state index is 0.144. The quantitative estimate of drug-likeness (QED) is 0.455. The maximum Gasteiger partial charge on any atom is 0.211 e. The molecule has 5 nitrogen and oxygen atoms in total. The summed E-state index contributed by atoms with van der Waals surface area (Å²) < 4.78 is 46.6. The summed E-state index contributed by atoms with van der Waals surface area (Å²) in [6.07, 6.45) is 1.35. The number of fused-ring (bicyclic) bond motifs is 1. The molecule has 0 aliphatic carbocycles. The van der Waals surface area contributed by atoms with Gasteiger partial charge in [-0.25, -0.2) is 12.8 Å². The molecule has 3 aromatic carbocycles. The number of nitrogens with zero attached hydrogens (tertiary/aromatic N) is 1. The van der Waals surface area contributed by atoms with E-state index in [2.05, 4.69) is 0 Å². The highest BCUT2D eigenvalue weighted by Crippen LogP contribution is 2.24. The third-order valence-electron chi connectivity index (χ3n) is 4.86. The van der Waals surface area contributed by atoms with Crippen molar-refractivity contribution in [2.45, 2.75) is 16.3 Å². The molecule has 0 amide bonds. The Hall–Kier alpha value is -3.45. The summed E-state index contributed by atoms with van der Waals surface area (Å²) in [5, 5.41) is 0.230. The largest absolute Gasteiger partial charge is 0.497 e. The molecule has 0 saturated carbocycles. The van der Waals surface area contributed by atoms with Crippen LogP contribution in [0.1, 0.15) is 5.56 Å². The smallest absolute Gasteiger partial charge is 0.211 e. The zero-order valence-electron chi connectivity index (χ0n) is 16.1. The molecule has 1 heterocycles. The predicted molar refractivity (Wildman–Crippen MR) is 112 cm³/mol. The molecule has 0 unspecified atom stereocenters. The Morgan fingerprint density at radius 2 is 1.67 bits per heavy atom. The van der Waals surface area contributed by atoms with Gasteiger partial charge in [0.25, 0.3) is 0 Å². The van der Waals surface area contributed by atoms with Crippen molar-refractivity contribution in [1.29, 1.82) is 0 Å². The first-order chi connectivity index (χ1) is 14.4. The van der Waals surface area contributed by atoms with Gasteiger partial charge in [-0.2, -0.15) is 0 Å². The van der Waals surface area contributed by atoms with Crippen LogP contribution in [0.3, 0.4) is 0 Å². The molecular weight excluding hydrogens is 405 g/mol. The summed E-state index contributed by atoms with van der Waals surface area (Å²) in [7, 11) is -2.68. The first-order valence-electron chi connectivity index (χ1n) is 9.16. The van der Waals surface area contributed by atoms with Crippen LogP contribution in [0.2, 0.25) is 0 Å². The molecule has 4 aromatic rings. The Morgan fingerprint density at radius 1 is 0.967 bits per heavy atom. The number of hydrogen-bond donors (Lipinski definition) is 0. The number of hydrogen-bond acceptors (Lipinski definition) is 4. The Bertz CT molecular complexity index is 1380. The van der Waals surface area contributed by atoms with E-state index in [4.69, 9.17) is 4.74 Å². The van der Waals surface area contributed by atoms with Crippen molar-refractivity contribution in [2.24, 2.45) is 0 Å². The first-order valence-corrected chi connectivity index (χ1v) is 10.6. The number of ether oxygens (including phenoxy) is 1. The van der Waals surface area contributed by atoms with Gasteiger partial charge in [0.15, 0.2) is 0 Å². The molecule has 0 N–H and O–H groups in total. The van der Waals surface area contributed by atoms with E-state index in [1.807, 2.05) is 30.3 Å². The number of methoxy groups -OCH3 is 1. The van der Waals surface area contributed by atoms with E-state index in [0.717, 1.165) is 29.8 Å². The van der Waals surface area contributed by atoms with Crippen LogP contribution in [0.4, 0.5) is 4.39 Å². The van der Waals surface area contributed by atoms with Crippen LogP contribution >= 0.6 is 0 Å². The zero-order chi connectivity index (χ0) is 21.3. The second kappa shape index (κ2) is 7.76. The lowest BCUT2D eigenvalue weighted by molar-refractivity contribution is 0.415. The fraction of sp³-hybridized carbons (Fsp3) is 0.0870. The molecule has 0 saturated heterocycles. The van der Waals surface area contributed by atoms with Crippen LogP contribution < -0.4 is 10.2 Å². The van der Waals surface area contributed by atoms with Gasteiger partial charge in [-0.3, -0.25) is 4.79 Å². The van der Waals surface area contributed by atoms with Crippen LogP contribution in [0.15, 0.2) is 93.6 Å². The van der Waals surface area contributed by atoms with Crippen molar-refractivity contribution in [2.75, 3.05) is 7.11 Å². The minimum Gasteiger partial charge on any atom is -0.497 e. The molecule has 0 atom stereocenters. The monoisotopic (exact) mass is 423 g/mol. The van der Waals surface area contributed by atoms with Gasteiger partial charge in [-0.05, 0) is 48.0 Å². The molecule has 0 fully saturated rings. The van der Waals surface area contributed by atoms with Crippen molar-refractivity contribution < 1.29 is 17.5 Å². The topological polar surface area (TPSA) is 65.4 Å². The normalized spacial score (nSPS) is 11.5. The van der Waals surface area contributed by atoms with E-state index in [0.29, 0.717) is 17.8 Å². The highest BCUT2D eigenvalue weighted by molar-refractivity contribution is 7.91. The predicted octanol–water partition coefficient (Wildman–Crippen LogP) is 4.03. The summed E-state index contributed by atoms with van der Waals surface area (Å²) in [6, 6.07) is 18.9. The van der Waals surface area contributed by atoms with Gasteiger partial charge in [-0.1, -0.05) is 30.3 Å². The molecule has 0 aliphatic heterocycles. The summed E-state index contributed by atoms with van der Waals surface area (Å²) >= 11 is 0. The molecule has 30 heavy (non-hydrogen) atoms. The van der Waals surface area contributed by atoms with Crippen LogP contribution in [0.5, 0.6) is 5.75 Å². The SMILES string of the molecule is COc1ccc2c(c1)c(=O)c(S(=O)(=O)c1ccc(F)cc1)cn2Cc1ccccc1. The van der Waals surface area contributed by atoms with E-state index in [1.165, 1.54) is 19.4 Å². The van der Waals surface area contributed by atoms with E-state index in [-0.39, 0.29) is 15.2 Å². The summed E-state index contributed by atoms with van der Waals surface area (Å²) in [5.41, 5.74) is 0.906. The van der Waals surface area contributed by atoms with Crippen LogP contribution in [-0.2, 0) is 16.4 Å². The van der Waals surface area contributed by atoms with Gasteiger partial charge < -0.3 is 9.30 Å². The van der Waals surface area contributed by atoms with Gasteiger partial charge >= 0.3 is 0 Å². The van der Waals surface area contributed by atoms with E-state index in [1.54, 1.807) is 16.7 Å². The van der Waals surface area contributed by atoms with Crippen molar-refractivity contribution in [1.82, 2.24) is 4.57 Å². The number of sulfone groups is 1. The second-order valence-corrected chi connectivity index (χ2v) is 8.69. The summed E-state index contributed by atoms with van der Waals surface area (Å²) in [6.45, 7) is 0.371. The molecule has 4 rings (SSSR count). The van der Waals surface area contributed by atoms with Crippen LogP contribution in [0, 0.1) is 5.82 Å². The van der Waals surface area contributed by atoms with Crippen molar-refractivity contribution in [3.8, 4) is 5.75 Å². The minimum atomic E-state index is -4.15. The Balaban J connectivity index is 1.98. The van der Waals surface area contributed by atoms with Crippen molar-refractivity contribution >= 4 is 20.7 Å². The Morgan fingerprint density at radius 3 is 2.33 bits per heavy atom. The number of aromatic nitrogens is 1. The maximum atomic E-state index is 13.3. The lowest BCUT2D eigenvalue weighted by Gasteiger charge is -2.15. The summed E-state index contributed by atoms with van der Waals surface area (Å²) in [4.78, 5) is 12.7. The van der Waals surface area contributed by atoms with E-state index >= 15 is 0 Å². The van der Waals surface area contributed by atoms with Gasteiger partial charge in [0.2, 0.25) is 15.3 Å². The highest BCUT2D eigenvalue weighted by atomic mass is 32.2. The highest BCUT2D eigenvalue weighted by Gasteiger charge is 2.24. The molecular formula is C23H18FNO4S. The molecule has 152 valence electrons. The van der Waals surface area contributed by atoms with Gasteiger partial charge in [0, 0.05) is 12.7 Å². The number of halogens is 1. The average molecular weight is 423 g/mol. The van der Waals surface area contributed by atoms with Crippen molar-refractivity contribution in [3.05, 3.63) is 101 Å². The van der Waals surface area contributed by atoms with Crippen LogP contribution in [-0.4, -0.2) is 20.1 Å². The average Bonchev–Trinajstić information content (AvgIpc) is 2.76. The molecule has 0 aliphatic rings. The lowest BCUT2D eigenvalue weighted by atomic mass is 10.1. The maximum absolute atomic E-state index is 13.3. The second-order valence-electron chi connectivity index (χ2n) is 6.78. The van der Waals surface area contributed by atoms with E-state index < -0.39 is 21.1 Å². The van der Waals surface area contributed by atoms with Gasteiger partial charge in [-0.15, -0.1) is 0 Å². The zero-order valence-corrected chi connectivity index (χ0v) is 16.9. The number of pyridine rings is 1. The fourth-order valence-electron chi connectivity index (χ4n) is 3.32. The van der Waals surface area contributed by atoms with Crippen LogP contribution in [0.25, 0.3) is 10.9 Å². The number of rotatable bonds is 5. The van der Waals surface area contributed by atoms with Crippen molar-refractivity contribution in [3.63, 3.8) is 0 Å². The lowest BCUT2D eigenvalue weighted by Crippen LogP contribution is -2.19. The van der Waals surface area contributed by atoms with Gasteiger partial charge in [0.05, 0.1) is 22.9 Å². The Labute approximate surface area is 172 Å². The standard InChI is InChI=1S/C23H18FNO4S/c1-29-18-9-12-21-20(13-18)23(26)22(15-25(21)14-16-5-3-2-4-6-16)30(27,28)19-10-7-17(24)8-11-19/h2-13,15H,14H2,1H3. The molecule has 0 bridgehead atoms. The summed E-state index contributed by atoms with van der Waals surface area (Å²) in [5.74, 6) is -0.110. The molecule has 7 heteroatoms. The fourth-order valence-corrected chi connectivity index (χ4v) is 4.69. The first kappa shape index (κ1) is 19.8. The Kier molecular flexibility index (Phi) is 5.13. The van der Waals surface area contributed by atoms with Gasteiger partial charge in [0.1, 0.15) is 16.5 Å². The third kappa shape index (κ3) is 3.59. The molecule has 1 aromatic heterocycles. The molecule has 0 spiro atoms. The molecule has 0 radical (unpaired) electrons. The van der Waals surface area contributed by atoms with E-state index in [9.17, 15) is 17.6 Å². The number of benzene rings is 3. The third-order valence-corrected chi connectivity index (χ3v) is 6.63.